The van der Waals surface area contributed by atoms with Gasteiger partial charge in [-0.15, -0.1) is 0 Å². The van der Waals surface area contributed by atoms with Crippen LogP contribution in [0.4, 0.5) is 0 Å². The molecule has 1 fully saturated rings. The molecule has 7 heteroatoms. The number of carbonyl (C=O) groups excluding carboxylic acids is 1. The molecule has 6 nitrogen and oxygen atoms in total. The summed E-state index contributed by atoms with van der Waals surface area (Å²) in [7, 11) is 0. The lowest BCUT2D eigenvalue weighted by molar-refractivity contribution is -0.119. The van der Waals surface area contributed by atoms with Crippen molar-refractivity contribution in [2.45, 2.75) is 32.6 Å². The zero-order valence-corrected chi connectivity index (χ0v) is 15.1. The highest BCUT2D eigenvalue weighted by atomic mass is 79.9. The van der Waals surface area contributed by atoms with Crippen LogP contribution in [0.2, 0.25) is 0 Å². The summed E-state index contributed by atoms with van der Waals surface area (Å²) in [5.41, 5.74) is 5.33. The van der Waals surface area contributed by atoms with Crippen LogP contribution in [0.3, 0.4) is 0 Å². The predicted octanol–water partition coefficient (Wildman–Crippen LogP) is 2.14. The SMILES string of the molecule is CCNC(=NCCc1ccc(Br)o1)N1CCCC(CC(N)=O)C1. The third kappa shape index (κ3) is 5.89. The highest BCUT2D eigenvalue weighted by molar-refractivity contribution is 9.10. The van der Waals surface area contributed by atoms with Gasteiger partial charge in [0.05, 0.1) is 0 Å². The van der Waals surface area contributed by atoms with E-state index in [-0.39, 0.29) is 5.91 Å². The van der Waals surface area contributed by atoms with Crippen LogP contribution in [0.25, 0.3) is 0 Å². The van der Waals surface area contributed by atoms with E-state index < -0.39 is 0 Å². The predicted molar refractivity (Wildman–Crippen MR) is 94.2 cm³/mol. The van der Waals surface area contributed by atoms with Crippen molar-refractivity contribution < 1.29 is 9.21 Å². The minimum absolute atomic E-state index is 0.220. The summed E-state index contributed by atoms with van der Waals surface area (Å²) in [4.78, 5) is 18.1. The number of hydrogen-bond acceptors (Lipinski definition) is 3. The van der Waals surface area contributed by atoms with Crippen LogP contribution < -0.4 is 11.1 Å². The first kappa shape index (κ1) is 17.8. The maximum atomic E-state index is 11.1. The highest BCUT2D eigenvalue weighted by Crippen LogP contribution is 2.19. The number of halogens is 1. The maximum absolute atomic E-state index is 11.1. The topological polar surface area (TPSA) is 83.9 Å². The third-order valence-electron chi connectivity index (χ3n) is 3.89. The second-order valence-electron chi connectivity index (χ2n) is 5.82. The molecule has 1 aliphatic heterocycles. The number of nitrogens with one attached hydrogen (secondary N) is 1. The molecule has 1 amide bonds. The molecule has 0 aromatic carbocycles. The Labute approximate surface area is 145 Å². The van der Waals surface area contributed by atoms with Crippen LogP contribution in [0.5, 0.6) is 0 Å². The van der Waals surface area contributed by atoms with E-state index in [0.29, 0.717) is 18.9 Å². The Morgan fingerprint density at radius 3 is 3.04 bits per heavy atom. The Kier molecular flexibility index (Phi) is 6.95. The number of amides is 1. The van der Waals surface area contributed by atoms with E-state index in [4.69, 9.17) is 15.1 Å². The third-order valence-corrected chi connectivity index (χ3v) is 4.32. The lowest BCUT2D eigenvalue weighted by Crippen LogP contribution is -2.47. The van der Waals surface area contributed by atoms with Crippen LogP contribution in [-0.4, -0.2) is 42.9 Å². The fourth-order valence-electron chi connectivity index (χ4n) is 2.89. The quantitative estimate of drug-likeness (QED) is 0.581. The van der Waals surface area contributed by atoms with Gasteiger partial charge in [-0.1, -0.05) is 0 Å². The number of nitrogens with two attached hydrogens (primary N) is 1. The van der Waals surface area contributed by atoms with Crippen LogP contribution in [0, 0.1) is 5.92 Å². The smallest absolute Gasteiger partial charge is 0.217 e. The van der Waals surface area contributed by atoms with E-state index in [0.717, 1.165) is 55.3 Å². The van der Waals surface area contributed by atoms with E-state index in [1.54, 1.807) is 0 Å². The number of nitrogens with zero attached hydrogens (tertiary/aromatic N) is 2. The minimum Gasteiger partial charge on any atom is -0.454 e. The first-order chi connectivity index (χ1) is 11.1. The molecule has 2 rings (SSSR count). The van der Waals surface area contributed by atoms with Crippen molar-refractivity contribution in [1.29, 1.82) is 0 Å². The molecule has 0 saturated carbocycles. The standard InChI is InChI=1S/C16H25BrN4O2/c1-2-19-16(20-8-7-13-5-6-14(17)23-13)21-9-3-4-12(11-21)10-15(18)22/h5-6,12H,2-4,7-11H2,1H3,(H2,18,22)(H,19,20). The number of likely N-dealkylation sites (tertiary alicyclic amines) is 1. The first-order valence-corrected chi connectivity index (χ1v) is 8.93. The molecule has 0 bridgehead atoms. The molecule has 1 aromatic heterocycles. The lowest BCUT2D eigenvalue weighted by Gasteiger charge is -2.34. The molecule has 1 atom stereocenters. The van der Waals surface area contributed by atoms with Crippen molar-refractivity contribution in [3.8, 4) is 0 Å². The van der Waals surface area contributed by atoms with Crippen molar-refractivity contribution in [1.82, 2.24) is 10.2 Å². The number of carbonyl (C=O) groups is 1. The molecule has 1 saturated heterocycles. The van der Waals surface area contributed by atoms with Crippen LogP contribution in [0.15, 0.2) is 26.2 Å². The molecule has 128 valence electrons. The number of aliphatic imine (C=N–C) groups is 1. The Morgan fingerprint density at radius 1 is 1.57 bits per heavy atom. The van der Waals surface area contributed by atoms with Gasteiger partial charge in [0, 0.05) is 39.0 Å². The molecule has 0 radical (unpaired) electrons. The van der Waals surface area contributed by atoms with Crippen molar-refractivity contribution in [2.75, 3.05) is 26.2 Å². The fourth-order valence-corrected chi connectivity index (χ4v) is 3.23. The van der Waals surface area contributed by atoms with E-state index in [2.05, 4.69) is 33.1 Å². The second-order valence-corrected chi connectivity index (χ2v) is 6.60. The zero-order valence-electron chi connectivity index (χ0n) is 13.6. The first-order valence-electron chi connectivity index (χ1n) is 8.14. The summed E-state index contributed by atoms with van der Waals surface area (Å²) >= 11 is 3.31. The summed E-state index contributed by atoms with van der Waals surface area (Å²) in [5.74, 6) is 1.93. The molecule has 23 heavy (non-hydrogen) atoms. The van der Waals surface area contributed by atoms with Gasteiger partial charge in [-0.2, -0.15) is 0 Å². The summed E-state index contributed by atoms with van der Waals surface area (Å²) in [5, 5.41) is 3.34. The van der Waals surface area contributed by atoms with E-state index >= 15 is 0 Å². The highest BCUT2D eigenvalue weighted by Gasteiger charge is 2.23. The Morgan fingerprint density at radius 2 is 2.39 bits per heavy atom. The Balaban J connectivity index is 1.93. The van der Waals surface area contributed by atoms with E-state index in [9.17, 15) is 4.79 Å². The normalized spacial score (nSPS) is 19.0. The molecule has 0 aliphatic carbocycles. The van der Waals surface area contributed by atoms with Crippen molar-refractivity contribution in [2.24, 2.45) is 16.6 Å². The van der Waals surface area contributed by atoms with Crippen LogP contribution in [0.1, 0.15) is 31.9 Å². The summed E-state index contributed by atoms with van der Waals surface area (Å²) in [6, 6.07) is 3.85. The molecule has 3 N–H and O–H groups in total. The second kappa shape index (κ2) is 8.96. The molecular weight excluding hydrogens is 360 g/mol. The number of guanidine groups is 1. The van der Waals surface area contributed by atoms with Gasteiger partial charge in [-0.05, 0) is 53.7 Å². The van der Waals surface area contributed by atoms with E-state index in [1.807, 2.05) is 12.1 Å². The molecule has 1 aliphatic rings. The minimum atomic E-state index is -0.220. The molecule has 0 spiro atoms. The van der Waals surface area contributed by atoms with Gasteiger partial charge >= 0.3 is 0 Å². The van der Waals surface area contributed by atoms with Crippen molar-refractivity contribution in [3.63, 3.8) is 0 Å². The number of hydrogen-bond donors (Lipinski definition) is 2. The molecule has 1 unspecified atom stereocenters. The van der Waals surface area contributed by atoms with Crippen molar-refractivity contribution >= 4 is 27.8 Å². The van der Waals surface area contributed by atoms with Gasteiger partial charge in [0.2, 0.25) is 5.91 Å². The largest absolute Gasteiger partial charge is 0.454 e. The maximum Gasteiger partial charge on any atom is 0.217 e. The van der Waals surface area contributed by atoms with Crippen molar-refractivity contribution in [3.05, 3.63) is 22.6 Å². The number of rotatable bonds is 6. The average Bonchev–Trinajstić information content (AvgIpc) is 2.91. The average molecular weight is 385 g/mol. The number of primary amides is 1. The van der Waals surface area contributed by atoms with Gasteiger partial charge < -0.3 is 20.4 Å². The van der Waals surface area contributed by atoms with Crippen LogP contribution in [-0.2, 0) is 11.2 Å². The summed E-state index contributed by atoms with van der Waals surface area (Å²) in [6.45, 7) is 5.35. The number of furan rings is 1. The van der Waals surface area contributed by atoms with Gasteiger partial charge in [-0.25, -0.2) is 0 Å². The van der Waals surface area contributed by atoms with Gasteiger partial charge in [0.1, 0.15) is 5.76 Å². The zero-order chi connectivity index (χ0) is 16.7. The monoisotopic (exact) mass is 384 g/mol. The summed E-state index contributed by atoms with van der Waals surface area (Å²) in [6.07, 6.45) is 3.34. The fraction of sp³-hybridized carbons (Fsp3) is 0.625. The van der Waals surface area contributed by atoms with Gasteiger partial charge in [-0.3, -0.25) is 9.79 Å². The Hall–Kier alpha value is -1.50. The molecular formula is C16H25BrN4O2. The van der Waals surface area contributed by atoms with Gasteiger partial charge in [0.25, 0.3) is 0 Å². The van der Waals surface area contributed by atoms with E-state index in [1.165, 1.54) is 0 Å². The molecule has 1 aromatic rings. The molecule has 2 heterocycles. The lowest BCUT2D eigenvalue weighted by atomic mass is 9.95. The van der Waals surface area contributed by atoms with Crippen LogP contribution >= 0.6 is 15.9 Å². The summed E-state index contributed by atoms with van der Waals surface area (Å²) < 4.78 is 6.24. The van der Waals surface area contributed by atoms with Gasteiger partial charge in [0.15, 0.2) is 10.6 Å². The Bertz CT molecular complexity index is 544. The number of piperidine rings is 1.